The number of hydrogen-bond donors (Lipinski definition) is 1. The summed E-state index contributed by atoms with van der Waals surface area (Å²) in [7, 11) is 0. The normalized spacial score (nSPS) is 14.0. The van der Waals surface area contributed by atoms with Gasteiger partial charge in [0.25, 0.3) is 5.91 Å². The topological polar surface area (TPSA) is 76.6 Å². The zero-order chi connectivity index (χ0) is 26.9. The average molecular weight is 530 g/mol. The van der Waals surface area contributed by atoms with Crippen molar-refractivity contribution >= 4 is 28.4 Å². The molecule has 0 bridgehead atoms. The van der Waals surface area contributed by atoms with Crippen LogP contribution < -0.4 is 15.0 Å². The monoisotopic (exact) mass is 530 g/mol. The smallest absolute Gasteiger partial charge is 0.419 e. The lowest BCUT2D eigenvalue weighted by Gasteiger charge is -2.27. The molecule has 1 N–H and O–H groups in total. The van der Waals surface area contributed by atoms with Crippen LogP contribution in [0.25, 0.3) is 11.0 Å². The quantitative estimate of drug-likeness (QED) is 0.329. The average Bonchev–Trinajstić information content (AvgIpc) is 2.90. The number of benzene rings is 3. The van der Waals surface area contributed by atoms with Gasteiger partial charge in [0.2, 0.25) is 0 Å². The summed E-state index contributed by atoms with van der Waals surface area (Å²) >= 11 is 0. The Hall–Kier alpha value is -4.32. The van der Waals surface area contributed by atoms with Crippen molar-refractivity contribution in [1.82, 2.24) is 9.97 Å². The molecule has 0 spiro atoms. The highest BCUT2D eigenvalue weighted by Gasteiger charge is 2.34. The molecule has 38 heavy (non-hydrogen) atoms. The number of halogens is 5. The van der Waals surface area contributed by atoms with Gasteiger partial charge in [-0.2, -0.15) is 13.2 Å². The molecular formula is C26H19F5N4O3. The molecule has 1 aliphatic rings. The van der Waals surface area contributed by atoms with Gasteiger partial charge in [0, 0.05) is 36.5 Å². The minimum absolute atomic E-state index is 0.0303. The molecule has 7 nitrogen and oxygen atoms in total. The third kappa shape index (κ3) is 5.49. The van der Waals surface area contributed by atoms with Crippen molar-refractivity contribution in [2.75, 3.05) is 36.5 Å². The Bertz CT molecular complexity index is 1510. The van der Waals surface area contributed by atoms with Gasteiger partial charge in [-0.15, -0.1) is 0 Å². The Morgan fingerprint density at radius 1 is 0.947 bits per heavy atom. The maximum absolute atomic E-state index is 14.8. The zero-order valence-electron chi connectivity index (χ0n) is 19.6. The molecule has 196 valence electrons. The second kappa shape index (κ2) is 10.2. The summed E-state index contributed by atoms with van der Waals surface area (Å²) < 4.78 is 78.1. The van der Waals surface area contributed by atoms with Crippen LogP contribution in [-0.2, 0) is 10.9 Å². The van der Waals surface area contributed by atoms with E-state index < -0.39 is 34.8 Å². The van der Waals surface area contributed by atoms with Crippen molar-refractivity contribution in [2.24, 2.45) is 0 Å². The number of morpholine rings is 1. The van der Waals surface area contributed by atoms with Gasteiger partial charge in [-0.3, -0.25) is 9.78 Å². The van der Waals surface area contributed by atoms with Crippen molar-refractivity contribution in [1.29, 1.82) is 0 Å². The van der Waals surface area contributed by atoms with E-state index in [0.29, 0.717) is 61.0 Å². The number of ether oxygens (including phenoxy) is 2. The zero-order valence-corrected chi connectivity index (χ0v) is 19.6. The minimum atomic E-state index is -4.97. The van der Waals surface area contributed by atoms with E-state index in [0.717, 1.165) is 12.1 Å². The van der Waals surface area contributed by atoms with Crippen molar-refractivity contribution < 1.29 is 36.2 Å². The number of amides is 1. The number of carbonyl (C=O) groups is 1. The molecule has 3 aromatic carbocycles. The molecule has 1 aliphatic heterocycles. The number of nitrogens with zero attached hydrogens (tertiary/aromatic N) is 3. The van der Waals surface area contributed by atoms with Gasteiger partial charge in [0.05, 0.1) is 36.0 Å². The summed E-state index contributed by atoms with van der Waals surface area (Å²) in [4.78, 5) is 23.5. The lowest BCUT2D eigenvalue weighted by Crippen LogP contribution is -2.36. The van der Waals surface area contributed by atoms with E-state index in [2.05, 4.69) is 15.3 Å². The van der Waals surface area contributed by atoms with E-state index in [1.807, 2.05) is 4.90 Å². The lowest BCUT2D eigenvalue weighted by atomic mass is 10.1. The highest BCUT2D eigenvalue weighted by atomic mass is 19.4. The molecule has 0 saturated carbocycles. The molecule has 0 aliphatic carbocycles. The second-order valence-corrected chi connectivity index (χ2v) is 8.37. The number of anilines is 2. The van der Waals surface area contributed by atoms with Crippen molar-refractivity contribution in [3.05, 3.63) is 83.6 Å². The van der Waals surface area contributed by atoms with Crippen LogP contribution in [0.1, 0.15) is 15.9 Å². The van der Waals surface area contributed by atoms with Gasteiger partial charge in [-0.25, -0.2) is 13.8 Å². The first-order valence-corrected chi connectivity index (χ1v) is 11.4. The predicted octanol–water partition coefficient (Wildman–Crippen LogP) is 5.81. The Morgan fingerprint density at radius 3 is 2.47 bits per heavy atom. The minimum Gasteiger partial charge on any atom is -0.454 e. The highest BCUT2D eigenvalue weighted by Crippen LogP contribution is 2.33. The number of rotatable bonds is 5. The largest absolute Gasteiger partial charge is 0.454 e. The standard InChI is InChI=1S/C26H19F5N4O3/c27-19-4-1-15(11-18(19)26(29,30)31)25(36)33-16-2-6-23(20(28)12-16)38-17-3-5-21-22(13-17)34-24(14-32-21)35-7-9-37-10-8-35/h1-6,11-14H,7-10H2,(H,33,36). The fraction of sp³-hybridized carbons (Fsp3) is 0.192. The van der Waals surface area contributed by atoms with Crippen LogP contribution in [0.3, 0.4) is 0 Å². The maximum Gasteiger partial charge on any atom is 0.419 e. The third-order valence-corrected chi connectivity index (χ3v) is 5.79. The first kappa shape index (κ1) is 25.3. The molecule has 0 atom stereocenters. The summed E-state index contributed by atoms with van der Waals surface area (Å²) in [6.45, 7) is 2.57. The van der Waals surface area contributed by atoms with Gasteiger partial charge in [0.15, 0.2) is 11.6 Å². The van der Waals surface area contributed by atoms with E-state index >= 15 is 0 Å². The van der Waals surface area contributed by atoms with Crippen LogP contribution in [-0.4, -0.2) is 42.2 Å². The van der Waals surface area contributed by atoms with Gasteiger partial charge < -0.3 is 19.7 Å². The SMILES string of the molecule is O=C(Nc1ccc(Oc2ccc3ncc(N4CCOCC4)nc3c2)c(F)c1)c1ccc(F)c(C(F)(F)F)c1. The Labute approximate surface area is 212 Å². The number of aromatic nitrogens is 2. The number of fused-ring (bicyclic) bond motifs is 1. The first-order valence-electron chi connectivity index (χ1n) is 11.4. The van der Waals surface area contributed by atoms with Gasteiger partial charge in [-0.05, 0) is 42.5 Å². The van der Waals surface area contributed by atoms with Gasteiger partial charge >= 0.3 is 6.18 Å². The lowest BCUT2D eigenvalue weighted by molar-refractivity contribution is -0.140. The van der Waals surface area contributed by atoms with Crippen LogP contribution in [0, 0.1) is 11.6 Å². The summed E-state index contributed by atoms with van der Waals surface area (Å²) in [6, 6.07) is 10.3. The van der Waals surface area contributed by atoms with Crippen molar-refractivity contribution in [3.63, 3.8) is 0 Å². The third-order valence-electron chi connectivity index (χ3n) is 5.79. The summed E-state index contributed by atoms with van der Waals surface area (Å²) in [5.41, 5.74) is -0.863. The van der Waals surface area contributed by atoms with Crippen LogP contribution >= 0.6 is 0 Å². The number of alkyl halides is 3. The van der Waals surface area contributed by atoms with E-state index in [1.165, 1.54) is 12.1 Å². The van der Waals surface area contributed by atoms with Crippen LogP contribution in [0.15, 0.2) is 60.8 Å². The first-order chi connectivity index (χ1) is 18.2. The predicted molar refractivity (Wildman–Crippen MR) is 128 cm³/mol. The van der Waals surface area contributed by atoms with Crippen molar-refractivity contribution in [2.45, 2.75) is 6.18 Å². The van der Waals surface area contributed by atoms with E-state index in [1.54, 1.807) is 24.4 Å². The summed E-state index contributed by atoms with van der Waals surface area (Å²) in [5, 5.41) is 2.29. The number of carbonyl (C=O) groups excluding carboxylic acids is 1. The van der Waals surface area contributed by atoms with Gasteiger partial charge in [0.1, 0.15) is 17.4 Å². The molecule has 5 rings (SSSR count). The van der Waals surface area contributed by atoms with Gasteiger partial charge in [-0.1, -0.05) is 0 Å². The molecular weight excluding hydrogens is 511 g/mol. The molecule has 1 aromatic heterocycles. The highest BCUT2D eigenvalue weighted by molar-refractivity contribution is 6.04. The fourth-order valence-corrected chi connectivity index (χ4v) is 3.87. The van der Waals surface area contributed by atoms with Crippen LogP contribution in [0.2, 0.25) is 0 Å². The molecule has 12 heteroatoms. The summed E-state index contributed by atoms with van der Waals surface area (Å²) in [5.74, 6) is -2.46. The van der Waals surface area contributed by atoms with E-state index in [-0.39, 0.29) is 11.4 Å². The van der Waals surface area contributed by atoms with E-state index in [4.69, 9.17) is 9.47 Å². The Morgan fingerprint density at radius 2 is 1.74 bits per heavy atom. The second-order valence-electron chi connectivity index (χ2n) is 8.37. The molecule has 1 saturated heterocycles. The van der Waals surface area contributed by atoms with E-state index in [9.17, 15) is 26.7 Å². The Balaban J connectivity index is 1.31. The number of nitrogens with one attached hydrogen (secondary N) is 1. The summed E-state index contributed by atoms with van der Waals surface area (Å²) in [6.07, 6.45) is -3.29. The molecule has 4 aromatic rings. The van der Waals surface area contributed by atoms with Crippen LogP contribution in [0.5, 0.6) is 11.5 Å². The van der Waals surface area contributed by atoms with Crippen LogP contribution in [0.4, 0.5) is 33.5 Å². The maximum atomic E-state index is 14.8. The fourth-order valence-electron chi connectivity index (χ4n) is 3.87. The molecule has 1 amide bonds. The molecule has 0 unspecified atom stereocenters. The molecule has 1 fully saturated rings. The molecule has 2 heterocycles. The molecule has 0 radical (unpaired) electrons. The Kier molecular flexibility index (Phi) is 6.81. The number of hydrogen-bond acceptors (Lipinski definition) is 6. The van der Waals surface area contributed by atoms with Crippen molar-refractivity contribution in [3.8, 4) is 11.5 Å².